The second-order valence-corrected chi connectivity index (χ2v) is 12.0. The normalized spacial score (nSPS) is 35.3. The molecule has 3 saturated heterocycles. The quantitative estimate of drug-likeness (QED) is 0.263. The Balaban J connectivity index is 1.21. The van der Waals surface area contributed by atoms with Gasteiger partial charge in [-0.15, -0.1) is 0 Å². The molecule has 0 bridgehead atoms. The predicted molar refractivity (Wildman–Crippen MR) is 163 cm³/mol. The van der Waals surface area contributed by atoms with Crippen LogP contribution in [0.2, 0.25) is 0 Å². The lowest BCUT2D eigenvalue weighted by molar-refractivity contribution is -0.338. The smallest absolute Gasteiger partial charge is 0.189 e. The lowest BCUT2D eigenvalue weighted by Gasteiger charge is -2.48. The van der Waals surface area contributed by atoms with Gasteiger partial charge in [0.1, 0.15) is 24.4 Å². The highest BCUT2D eigenvalue weighted by atomic mass is 16.8. The van der Waals surface area contributed by atoms with E-state index in [4.69, 9.17) is 37.9 Å². The van der Waals surface area contributed by atoms with Crippen LogP contribution in [0.1, 0.15) is 44.4 Å². The van der Waals surface area contributed by atoms with Crippen LogP contribution in [-0.2, 0) is 57.7 Å². The highest BCUT2D eigenvalue weighted by Crippen LogP contribution is 2.39. The van der Waals surface area contributed by atoms with Gasteiger partial charge in [-0.3, -0.25) is 0 Å². The molecule has 0 radical (unpaired) electrons. The van der Waals surface area contributed by atoms with E-state index < -0.39 is 37.2 Å². The van der Waals surface area contributed by atoms with E-state index in [1.165, 1.54) is 0 Å². The molecule has 3 aromatic carbocycles. The van der Waals surface area contributed by atoms with Gasteiger partial charge < -0.3 is 37.9 Å². The molecular formula is C36H44O8. The number of fused-ring (bicyclic) bond motifs is 1. The summed E-state index contributed by atoms with van der Waals surface area (Å²) in [5, 5.41) is 0. The zero-order chi connectivity index (χ0) is 30.5. The number of hydrogen-bond acceptors (Lipinski definition) is 8. The predicted octanol–water partition coefficient (Wildman–Crippen LogP) is 6.01. The van der Waals surface area contributed by atoms with Gasteiger partial charge in [0.05, 0.1) is 38.1 Å². The Bertz CT molecular complexity index is 1280. The van der Waals surface area contributed by atoms with Crippen LogP contribution in [0.25, 0.3) is 0 Å². The van der Waals surface area contributed by atoms with Gasteiger partial charge in [-0.05, 0) is 37.5 Å². The fourth-order valence-electron chi connectivity index (χ4n) is 6.28. The van der Waals surface area contributed by atoms with Crippen LogP contribution < -0.4 is 0 Å². The third kappa shape index (κ3) is 7.41. The molecule has 3 heterocycles. The molecule has 3 aliphatic heterocycles. The van der Waals surface area contributed by atoms with Gasteiger partial charge in [0.15, 0.2) is 18.9 Å². The van der Waals surface area contributed by atoms with Crippen LogP contribution in [0.5, 0.6) is 0 Å². The summed E-state index contributed by atoms with van der Waals surface area (Å²) in [4.78, 5) is 0. The molecule has 236 valence electrons. The summed E-state index contributed by atoms with van der Waals surface area (Å²) in [6, 6.07) is 30.4. The third-order valence-electron chi connectivity index (χ3n) is 8.63. The highest BCUT2D eigenvalue weighted by Gasteiger charge is 2.54. The molecule has 11 atom stereocenters. The Labute approximate surface area is 260 Å². The summed E-state index contributed by atoms with van der Waals surface area (Å²) in [5.41, 5.74) is 3.26. The maximum Gasteiger partial charge on any atom is 0.189 e. The summed E-state index contributed by atoms with van der Waals surface area (Å²) in [5.74, 6) is -0.165. The molecule has 0 spiro atoms. The summed E-state index contributed by atoms with van der Waals surface area (Å²) in [6.07, 6.45) is -4.11. The average Bonchev–Trinajstić information content (AvgIpc) is 3.42. The number of rotatable bonds is 11. The lowest BCUT2D eigenvalue weighted by Crippen LogP contribution is -2.61. The molecule has 0 aromatic heterocycles. The fraction of sp³-hybridized carbons (Fsp3) is 0.500. The molecule has 44 heavy (non-hydrogen) atoms. The van der Waals surface area contributed by atoms with Gasteiger partial charge in [0.25, 0.3) is 0 Å². The fourth-order valence-corrected chi connectivity index (χ4v) is 6.28. The molecule has 0 saturated carbocycles. The van der Waals surface area contributed by atoms with Crippen molar-refractivity contribution in [1.82, 2.24) is 0 Å². The number of hydrogen-bond donors (Lipinski definition) is 0. The molecule has 0 aliphatic carbocycles. The van der Waals surface area contributed by atoms with Crippen molar-refractivity contribution >= 4 is 0 Å². The summed E-state index contributed by atoms with van der Waals surface area (Å²) in [7, 11) is 0. The molecule has 8 nitrogen and oxygen atoms in total. The minimum absolute atomic E-state index is 0.165. The Morgan fingerprint density at radius 2 is 0.955 bits per heavy atom. The lowest BCUT2D eigenvalue weighted by atomic mass is 9.91. The molecule has 0 N–H and O–H groups in total. The van der Waals surface area contributed by atoms with E-state index in [1.54, 1.807) is 0 Å². The first-order valence-corrected chi connectivity index (χ1v) is 15.7. The van der Waals surface area contributed by atoms with Crippen molar-refractivity contribution in [3.63, 3.8) is 0 Å². The summed E-state index contributed by atoms with van der Waals surface area (Å²) in [6.45, 7) is 9.31. The van der Waals surface area contributed by atoms with Crippen LogP contribution in [0.15, 0.2) is 91.0 Å². The minimum atomic E-state index is -0.597. The molecule has 3 aromatic rings. The Hall–Kier alpha value is -2.66. The second kappa shape index (κ2) is 14.6. The first-order chi connectivity index (χ1) is 21.5. The zero-order valence-electron chi connectivity index (χ0n) is 25.9. The van der Waals surface area contributed by atoms with Gasteiger partial charge in [0.2, 0.25) is 0 Å². The van der Waals surface area contributed by atoms with Crippen molar-refractivity contribution in [2.24, 2.45) is 5.92 Å². The van der Waals surface area contributed by atoms with Gasteiger partial charge in [-0.25, -0.2) is 0 Å². The standard InChI is InChI=1S/C36H44O8/c1-23-30(37-20-27-14-8-5-9-15-27)31(38-21-28-16-10-6-11-17-28)24(2)40-35(23)44-33-32(39-22-29-18-12-7-13-19-29)25(3)41-36-34(33)42-26(4)43-36/h5-19,23-26,30-36H,20-22H2,1-4H3/t23?,24?,25?,26?,30-,31-,32-,33+,34?,35-,36?/m0/s1. The molecule has 0 amide bonds. The summed E-state index contributed by atoms with van der Waals surface area (Å²) < 4.78 is 51.4. The first-order valence-electron chi connectivity index (χ1n) is 15.7. The van der Waals surface area contributed by atoms with Crippen molar-refractivity contribution in [3.05, 3.63) is 108 Å². The topological polar surface area (TPSA) is 73.8 Å². The van der Waals surface area contributed by atoms with E-state index in [2.05, 4.69) is 31.2 Å². The highest BCUT2D eigenvalue weighted by molar-refractivity contribution is 5.15. The third-order valence-corrected chi connectivity index (χ3v) is 8.63. The van der Waals surface area contributed by atoms with Crippen LogP contribution in [0.3, 0.4) is 0 Å². The Morgan fingerprint density at radius 1 is 0.500 bits per heavy atom. The van der Waals surface area contributed by atoms with Crippen LogP contribution >= 0.6 is 0 Å². The molecule has 6 rings (SSSR count). The molecule has 3 fully saturated rings. The maximum absolute atomic E-state index is 6.87. The number of benzene rings is 3. The SMILES string of the molecule is CC1OC2OC(C)[C@H](OCc3ccccc3)[C@@H](O[C@@H]3OC(C)[C@H](OCc4ccccc4)[C@@H](OCc4ccccc4)C3C)C2O1. The largest absolute Gasteiger partial charge is 0.370 e. The summed E-state index contributed by atoms with van der Waals surface area (Å²) >= 11 is 0. The van der Waals surface area contributed by atoms with E-state index in [0.29, 0.717) is 19.8 Å². The van der Waals surface area contributed by atoms with Gasteiger partial charge in [-0.2, -0.15) is 0 Å². The Morgan fingerprint density at radius 3 is 1.48 bits per heavy atom. The molecule has 3 aliphatic rings. The van der Waals surface area contributed by atoms with E-state index in [-0.39, 0.29) is 30.3 Å². The zero-order valence-corrected chi connectivity index (χ0v) is 25.9. The van der Waals surface area contributed by atoms with Crippen molar-refractivity contribution < 1.29 is 37.9 Å². The van der Waals surface area contributed by atoms with Crippen molar-refractivity contribution in [2.45, 2.75) is 109 Å². The molecule has 6 unspecified atom stereocenters. The van der Waals surface area contributed by atoms with E-state index >= 15 is 0 Å². The van der Waals surface area contributed by atoms with Gasteiger partial charge in [-0.1, -0.05) is 97.9 Å². The van der Waals surface area contributed by atoms with Gasteiger partial charge >= 0.3 is 0 Å². The second-order valence-electron chi connectivity index (χ2n) is 12.0. The van der Waals surface area contributed by atoms with Gasteiger partial charge in [0, 0.05) is 5.92 Å². The average molecular weight is 605 g/mol. The molecular weight excluding hydrogens is 560 g/mol. The van der Waals surface area contributed by atoms with Crippen LogP contribution in [-0.4, -0.2) is 61.6 Å². The van der Waals surface area contributed by atoms with Crippen LogP contribution in [0, 0.1) is 5.92 Å². The van der Waals surface area contributed by atoms with Crippen LogP contribution in [0.4, 0.5) is 0 Å². The Kier molecular flexibility index (Phi) is 10.4. The van der Waals surface area contributed by atoms with E-state index in [9.17, 15) is 0 Å². The van der Waals surface area contributed by atoms with Crippen molar-refractivity contribution in [1.29, 1.82) is 0 Å². The molecule has 8 heteroatoms. The minimum Gasteiger partial charge on any atom is -0.370 e. The maximum atomic E-state index is 6.87. The monoisotopic (exact) mass is 604 g/mol. The van der Waals surface area contributed by atoms with Crippen molar-refractivity contribution in [2.75, 3.05) is 0 Å². The van der Waals surface area contributed by atoms with E-state index in [0.717, 1.165) is 16.7 Å². The first kappa shape index (κ1) is 31.3. The van der Waals surface area contributed by atoms with E-state index in [1.807, 2.05) is 87.5 Å². The van der Waals surface area contributed by atoms with Crippen molar-refractivity contribution in [3.8, 4) is 0 Å². The number of ether oxygens (including phenoxy) is 8.